The Balaban J connectivity index is 1.45. The number of rotatable bonds is 11. The Morgan fingerprint density at radius 2 is 2.17 bits per heavy atom. The fourth-order valence-corrected chi connectivity index (χ4v) is 3.98. The summed E-state index contributed by atoms with van der Waals surface area (Å²) in [5.41, 5.74) is 3.13. The number of aromatic amines is 2. The zero-order valence-electron chi connectivity index (χ0n) is 19.9. The highest BCUT2D eigenvalue weighted by Crippen LogP contribution is 2.22. The van der Waals surface area contributed by atoms with Crippen molar-refractivity contribution in [1.29, 1.82) is 0 Å². The number of aliphatic imine (C=N–C) groups is 2. The molecular weight excluding hydrogens is 461 g/mol. The van der Waals surface area contributed by atoms with Crippen LogP contribution in [0, 0.1) is 13.8 Å². The molecule has 0 aliphatic rings. The quantitative estimate of drug-likeness (QED) is 0.111. The lowest BCUT2D eigenvalue weighted by molar-refractivity contribution is 0.334. The van der Waals surface area contributed by atoms with Crippen molar-refractivity contribution in [2.24, 2.45) is 9.98 Å². The van der Waals surface area contributed by atoms with Crippen LogP contribution in [-0.4, -0.2) is 50.6 Å². The van der Waals surface area contributed by atoms with Crippen molar-refractivity contribution >= 4 is 43.8 Å². The second-order valence-electron chi connectivity index (χ2n) is 8.04. The van der Waals surface area contributed by atoms with Crippen molar-refractivity contribution < 1.29 is 4.74 Å². The molecule has 3 aromatic heterocycles. The Hall–Kier alpha value is -3.91. The fraction of sp³-hybridized carbons (Fsp3) is 0.250. The van der Waals surface area contributed by atoms with Crippen LogP contribution in [0.25, 0.3) is 10.9 Å². The first-order valence-corrected chi connectivity index (χ1v) is 11.8. The highest BCUT2D eigenvalue weighted by molar-refractivity contribution is 7.28. The smallest absolute Gasteiger partial charge is 0.181 e. The number of nitrogens with one attached hydrogen (secondary N) is 4. The summed E-state index contributed by atoms with van der Waals surface area (Å²) in [6, 6.07) is 7.95. The summed E-state index contributed by atoms with van der Waals surface area (Å²) in [6.07, 6.45) is 8.21. The first-order chi connectivity index (χ1) is 17.0. The van der Waals surface area contributed by atoms with E-state index in [-0.39, 0.29) is 6.73 Å². The van der Waals surface area contributed by atoms with Gasteiger partial charge in [-0.15, -0.1) is 9.24 Å². The van der Waals surface area contributed by atoms with E-state index in [4.69, 9.17) is 4.74 Å². The molecule has 182 valence electrons. The van der Waals surface area contributed by atoms with Crippen molar-refractivity contribution in [1.82, 2.24) is 30.0 Å². The van der Waals surface area contributed by atoms with Gasteiger partial charge in [0.25, 0.3) is 0 Å². The molecule has 0 aliphatic carbocycles. The van der Waals surface area contributed by atoms with Gasteiger partial charge in [-0.1, -0.05) is 0 Å². The van der Waals surface area contributed by atoms with Crippen molar-refractivity contribution in [2.75, 3.05) is 18.6 Å². The number of hydrogen-bond acceptors (Lipinski definition) is 6. The van der Waals surface area contributed by atoms with Gasteiger partial charge < -0.3 is 24.9 Å². The van der Waals surface area contributed by atoms with Gasteiger partial charge in [0.05, 0.1) is 6.33 Å². The van der Waals surface area contributed by atoms with Crippen molar-refractivity contribution in [3.63, 3.8) is 0 Å². The summed E-state index contributed by atoms with van der Waals surface area (Å²) in [7, 11) is 2.76. The van der Waals surface area contributed by atoms with Crippen LogP contribution in [-0.2, 0) is 6.54 Å². The lowest BCUT2D eigenvalue weighted by atomic mass is 10.2. The van der Waals surface area contributed by atoms with Crippen LogP contribution < -0.4 is 20.7 Å². The minimum atomic E-state index is 0.141. The molecule has 0 spiro atoms. The van der Waals surface area contributed by atoms with Crippen LogP contribution in [0.1, 0.15) is 17.8 Å². The van der Waals surface area contributed by atoms with Crippen LogP contribution in [0.5, 0.6) is 5.75 Å². The van der Waals surface area contributed by atoms with Crippen LogP contribution >= 0.6 is 9.24 Å². The topological polar surface area (TPSA) is 120 Å². The van der Waals surface area contributed by atoms with Gasteiger partial charge in [-0.3, -0.25) is 5.10 Å². The lowest BCUT2D eigenvalue weighted by Crippen LogP contribution is -2.25. The van der Waals surface area contributed by atoms with Gasteiger partial charge >= 0.3 is 0 Å². The van der Waals surface area contributed by atoms with Gasteiger partial charge in [-0.05, 0) is 45.2 Å². The second-order valence-corrected chi connectivity index (χ2v) is 8.61. The third-order valence-electron chi connectivity index (χ3n) is 5.26. The number of aryl methyl sites for hydroxylation is 3. The monoisotopic (exact) mass is 491 g/mol. The van der Waals surface area contributed by atoms with E-state index in [0.717, 1.165) is 46.3 Å². The summed E-state index contributed by atoms with van der Waals surface area (Å²) in [6.45, 7) is 9.34. The maximum absolute atomic E-state index is 6.00. The summed E-state index contributed by atoms with van der Waals surface area (Å²) in [5.74, 6) is 2.57. The van der Waals surface area contributed by atoms with Crippen LogP contribution in [0.3, 0.4) is 0 Å². The fourth-order valence-electron chi connectivity index (χ4n) is 3.56. The first kappa shape index (κ1) is 24.2. The number of anilines is 1. The average Bonchev–Trinajstić information content (AvgIpc) is 3.59. The van der Waals surface area contributed by atoms with E-state index in [1.165, 1.54) is 0 Å². The Morgan fingerprint density at radius 3 is 2.91 bits per heavy atom. The van der Waals surface area contributed by atoms with Gasteiger partial charge in [-0.2, -0.15) is 5.10 Å². The van der Waals surface area contributed by atoms with Crippen LogP contribution in [0.2, 0.25) is 0 Å². The van der Waals surface area contributed by atoms with E-state index in [1.54, 1.807) is 18.6 Å². The molecule has 4 aromatic rings. The van der Waals surface area contributed by atoms with E-state index in [2.05, 4.69) is 62.8 Å². The van der Waals surface area contributed by atoms with Gasteiger partial charge in [-0.25, -0.2) is 15.0 Å². The number of amidine groups is 1. The summed E-state index contributed by atoms with van der Waals surface area (Å²) in [4.78, 5) is 16.1. The molecule has 0 amide bonds. The number of ether oxygens (including phenoxy) is 1. The average molecular weight is 492 g/mol. The molecule has 3 heterocycles. The molecule has 0 aliphatic heterocycles. The second kappa shape index (κ2) is 11.5. The maximum Gasteiger partial charge on any atom is 0.181 e. The highest BCUT2D eigenvalue weighted by atomic mass is 31.0. The SMILES string of the molecule is C=N/C(=C\C(=N/COc1ccc2[nH]c(C)cc2c1P)NCCCn1ccnc1)Nc1cc(C)[nH]n1. The predicted octanol–water partition coefficient (Wildman–Crippen LogP) is 3.27. The number of imidazole rings is 1. The summed E-state index contributed by atoms with van der Waals surface area (Å²) in [5, 5.41) is 15.7. The van der Waals surface area contributed by atoms with E-state index >= 15 is 0 Å². The van der Waals surface area contributed by atoms with Gasteiger partial charge in [0, 0.05) is 65.2 Å². The van der Waals surface area contributed by atoms with Crippen LogP contribution in [0.4, 0.5) is 5.82 Å². The number of aromatic nitrogens is 5. The highest BCUT2D eigenvalue weighted by Gasteiger charge is 2.08. The normalized spacial score (nSPS) is 12.2. The minimum absolute atomic E-state index is 0.141. The number of H-pyrrole nitrogens is 2. The van der Waals surface area contributed by atoms with E-state index in [1.807, 2.05) is 42.8 Å². The molecule has 11 heteroatoms. The molecule has 4 N–H and O–H groups in total. The zero-order chi connectivity index (χ0) is 24.6. The number of nitrogens with zero attached hydrogens (tertiary/aromatic N) is 5. The summed E-state index contributed by atoms with van der Waals surface area (Å²) < 4.78 is 8.04. The lowest BCUT2D eigenvalue weighted by Gasteiger charge is -2.11. The van der Waals surface area contributed by atoms with Crippen LogP contribution in [0.15, 0.2) is 64.9 Å². The van der Waals surface area contributed by atoms with Crippen molar-refractivity contribution in [3.05, 3.63) is 66.3 Å². The van der Waals surface area contributed by atoms with E-state index < -0.39 is 0 Å². The first-order valence-electron chi connectivity index (χ1n) is 11.2. The molecule has 1 unspecified atom stereocenters. The molecule has 4 rings (SSSR count). The third-order valence-corrected chi connectivity index (χ3v) is 5.85. The van der Waals surface area contributed by atoms with Crippen molar-refractivity contribution in [3.8, 4) is 5.75 Å². The summed E-state index contributed by atoms with van der Waals surface area (Å²) >= 11 is 0. The predicted molar refractivity (Wildman–Crippen MR) is 145 cm³/mol. The molecule has 0 saturated heterocycles. The van der Waals surface area contributed by atoms with Crippen molar-refractivity contribution in [2.45, 2.75) is 26.8 Å². The standard InChI is InChI=1S/C24H30N9OP/c1-16-11-18-19(29-16)5-6-20(24(18)35)34-15-28-22(27-7-4-9-33-10-8-26-14-33)13-21(25-3)30-23-12-17(2)31-32-23/h5-6,8,10-14,29H,3-4,7,9,15,35H2,1-2H3,(H,27,28)(H2,30,31,32)/b21-13+. The molecule has 0 fully saturated rings. The Bertz CT molecular complexity index is 1330. The Labute approximate surface area is 206 Å². The molecular formula is C24H30N9OP. The number of hydrogen-bond donors (Lipinski definition) is 4. The number of benzene rings is 1. The molecule has 0 saturated carbocycles. The Morgan fingerprint density at radius 1 is 1.29 bits per heavy atom. The molecule has 35 heavy (non-hydrogen) atoms. The largest absolute Gasteiger partial charge is 0.471 e. The third kappa shape index (κ3) is 6.58. The molecule has 0 bridgehead atoms. The Kier molecular flexibility index (Phi) is 7.95. The molecule has 1 aromatic carbocycles. The zero-order valence-corrected chi connectivity index (χ0v) is 21.0. The maximum atomic E-state index is 6.00. The number of fused-ring (bicyclic) bond motifs is 1. The van der Waals surface area contributed by atoms with E-state index in [0.29, 0.717) is 24.0 Å². The minimum Gasteiger partial charge on any atom is -0.471 e. The van der Waals surface area contributed by atoms with Gasteiger partial charge in [0.1, 0.15) is 17.4 Å². The molecule has 10 nitrogen and oxygen atoms in total. The van der Waals surface area contributed by atoms with E-state index in [9.17, 15) is 0 Å². The van der Waals surface area contributed by atoms with Gasteiger partial charge in [0.2, 0.25) is 0 Å². The molecule has 0 radical (unpaired) electrons. The molecule has 1 atom stereocenters. The van der Waals surface area contributed by atoms with Gasteiger partial charge in [0.15, 0.2) is 12.5 Å².